The molecule has 39 heavy (non-hydrogen) atoms. The van der Waals surface area contributed by atoms with Crippen molar-refractivity contribution in [3.05, 3.63) is 113 Å². The van der Waals surface area contributed by atoms with Crippen LogP contribution in [-0.2, 0) is 33.8 Å². The van der Waals surface area contributed by atoms with Gasteiger partial charge in [0, 0.05) is 12.1 Å². The summed E-state index contributed by atoms with van der Waals surface area (Å²) < 4.78 is 54.7. The van der Waals surface area contributed by atoms with E-state index in [-0.39, 0.29) is 19.5 Å². The van der Waals surface area contributed by atoms with Gasteiger partial charge < -0.3 is 19.6 Å². The van der Waals surface area contributed by atoms with Gasteiger partial charge in [-0.05, 0) is 31.4 Å². The Labute approximate surface area is 225 Å². The minimum Gasteiger partial charge on any atom is -0.624 e. The Hall–Kier alpha value is -3.69. The van der Waals surface area contributed by atoms with Crippen LogP contribution < -0.4 is 0 Å². The molecular formula is C30H31F3N2O4. The Morgan fingerprint density at radius 3 is 1.97 bits per heavy atom. The van der Waals surface area contributed by atoms with Crippen LogP contribution in [-0.4, -0.2) is 52.0 Å². The molecule has 1 aliphatic rings. The topological polar surface area (TPSA) is 64.8 Å². The van der Waals surface area contributed by atoms with Crippen molar-refractivity contribution in [2.75, 3.05) is 0 Å². The average Bonchev–Trinajstić information content (AvgIpc) is 3.20. The fraction of sp³-hybridized carbons (Fsp3) is 0.333. The van der Waals surface area contributed by atoms with Crippen LogP contribution in [0.5, 0.6) is 0 Å². The molecule has 0 radical (unpaired) electrons. The van der Waals surface area contributed by atoms with E-state index < -0.39 is 36.1 Å². The Bertz CT molecular complexity index is 1250. The third kappa shape index (κ3) is 7.68. The average molecular weight is 541 g/mol. The molecule has 0 unspecified atom stereocenters. The third-order valence-electron chi connectivity index (χ3n) is 6.42. The maximum absolute atomic E-state index is 14.0. The molecule has 0 aromatic heterocycles. The van der Waals surface area contributed by atoms with Gasteiger partial charge in [-0.1, -0.05) is 91.0 Å². The molecule has 9 heteroatoms. The predicted molar refractivity (Wildman–Crippen MR) is 141 cm³/mol. The summed E-state index contributed by atoms with van der Waals surface area (Å²) in [4.78, 5) is 13.7. The first kappa shape index (κ1) is 28.3. The Morgan fingerprint density at radius 1 is 0.923 bits per heavy atom. The molecule has 206 valence electrons. The first-order valence-corrected chi connectivity index (χ1v) is 12.7. The highest BCUT2D eigenvalue weighted by atomic mass is 19.4. The normalized spacial score (nSPS) is 20.0. The molecule has 1 amide bonds. The predicted octanol–water partition coefficient (Wildman–Crippen LogP) is 5.49. The van der Waals surface area contributed by atoms with Gasteiger partial charge in [-0.3, -0.25) is 4.79 Å². The Morgan fingerprint density at radius 2 is 1.44 bits per heavy atom. The van der Waals surface area contributed by atoms with Crippen LogP contribution in [0, 0.1) is 5.21 Å². The molecular weight excluding hydrogens is 509 g/mol. The van der Waals surface area contributed by atoms with Gasteiger partial charge in [-0.2, -0.15) is 13.2 Å². The monoisotopic (exact) mass is 540 g/mol. The smallest absolute Gasteiger partial charge is 0.471 e. The highest BCUT2D eigenvalue weighted by molar-refractivity contribution is 5.82. The van der Waals surface area contributed by atoms with E-state index in [1.54, 1.807) is 86.6 Å². The second kappa shape index (κ2) is 12.0. The molecule has 3 atom stereocenters. The number of alkyl halides is 3. The van der Waals surface area contributed by atoms with Crippen molar-refractivity contribution in [2.24, 2.45) is 0 Å². The third-order valence-corrected chi connectivity index (χ3v) is 6.42. The number of nitrogens with zero attached hydrogens (tertiary/aromatic N) is 2. The van der Waals surface area contributed by atoms with Crippen molar-refractivity contribution in [3.8, 4) is 0 Å². The second-order valence-electron chi connectivity index (χ2n) is 9.95. The van der Waals surface area contributed by atoms with Crippen LogP contribution in [0.15, 0.2) is 91.0 Å². The zero-order valence-electron chi connectivity index (χ0n) is 21.8. The summed E-state index contributed by atoms with van der Waals surface area (Å²) >= 11 is 0. The van der Waals surface area contributed by atoms with E-state index in [0.29, 0.717) is 15.9 Å². The first-order chi connectivity index (χ1) is 18.5. The summed E-state index contributed by atoms with van der Waals surface area (Å²) in [6, 6.07) is 25.3. The molecule has 0 bridgehead atoms. The highest BCUT2D eigenvalue weighted by Crippen LogP contribution is 2.34. The van der Waals surface area contributed by atoms with Crippen LogP contribution in [0.25, 0.3) is 0 Å². The minimum atomic E-state index is -5.12. The van der Waals surface area contributed by atoms with E-state index in [1.807, 2.05) is 18.2 Å². The van der Waals surface area contributed by atoms with Crippen LogP contribution >= 0.6 is 0 Å². The molecule has 3 aromatic carbocycles. The van der Waals surface area contributed by atoms with Gasteiger partial charge in [0.05, 0.1) is 6.04 Å². The van der Waals surface area contributed by atoms with E-state index in [2.05, 4.69) is 0 Å². The number of rotatable bonds is 9. The lowest BCUT2D eigenvalue weighted by atomic mass is 9.95. The van der Waals surface area contributed by atoms with Crippen LogP contribution in [0.3, 0.4) is 0 Å². The summed E-state index contributed by atoms with van der Waals surface area (Å²) in [5.74, 6) is -3.18. The molecule has 0 saturated carbocycles. The van der Waals surface area contributed by atoms with Gasteiger partial charge in [0.1, 0.15) is 6.10 Å². The van der Waals surface area contributed by atoms with Crippen LogP contribution in [0.1, 0.15) is 30.5 Å². The summed E-state index contributed by atoms with van der Waals surface area (Å²) in [6.07, 6.45) is -5.84. The Kier molecular flexibility index (Phi) is 8.72. The molecule has 1 saturated heterocycles. The molecule has 0 N–H and O–H groups in total. The van der Waals surface area contributed by atoms with Gasteiger partial charge in [0.25, 0.3) is 0 Å². The molecule has 1 heterocycles. The molecule has 3 aromatic rings. The standard InChI is InChI=1S/C30H31F3N2O4/c1-29(2)38-26(21-34(37)19-23-14-8-4-9-15-23)27(39-29)25(18-22-12-6-3-7-13-22)35(28(36)30(31,32)33)20-24-16-10-5-11-17-24/h3-17,21,25-27H,18-20H2,1-2H3/b34-21-/t25-,26+,27+/m1/s1. The van der Waals surface area contributed by atoms with Crippen molar-refractivity contribution >= 4 is 12.1 Å². The van der Waals surface area contributed by atoms with Crippen molar-refractivity contribution < 1.29 is 32.2 Å². The minimum absolute atomic E-state index is 0.0202. The Balaban J connectivity index is 1.75. The highest BCUT2D eigenvalue weighted by Gasteiger charge is 2.52. The number of carbonyl (C=O) groups excluding carboxylic acids is 1. The van der Waals surface area contributed by atoms with Gasteiger partial charge in [0.15, 0.2) is 24.7 Å². The van der Waals surface area contributed by atoms with E-state index in [9.17, 15) is 23.2 Å². The van der Waals surface area contributed by atoms with Crippen LogP contribution in [0.4, 0.5) is 13.2 Å². The van der Waals surface area contributed by atoms with Gasteiger partial charge in [-0.15, -0.1) is 0 Å². The fourth-order valence-corrected chi connectivity index (χ4v) is 4.75. The lowest BCUT2D eigenvalue weighted by molar-refractivity contribution is -0.473. The summed E-state index contributed by atoms with van der Waals surface area (Å²) in [5.41, 5.74) is 2.00. The maximum atomic E-state index is 14.0. The lowest BCUT2D eigenvalue weighted by Gasteiger charge is -2.36. The summed E-state index contributed by atoms with van der Waals surface area (Å²) in [7, 11) is 0. The molecule has 0 aliphatic carbocycles. The molecule has 1 aliphatic heterocycles. The number of benzene rings is 3. The molecule has 0 spiro atoms. The van der Waals surface area contributed by atoms with Crippen molar-refractivity contribution in [1.29, 1.82) is 0 Å². The number of halogens is 3. The number of hydroxylamine groups is 1. The molecule has 1 fully saturated rings. The van der Waals surface area contributed by atoms with E-state index >= 15 is 0 Å². The number of ether oxygens (including phenoxy) is 2. The zero-order valence-corrected chi connectivity index (χ0v) is 21.8. The summed E-state index contributed by atoms with van der Waals surface area (Å²) in [6.45, 7) is 2.99. The van der Waals surface area contributed by atoms with Crippen LogP contribution in [0.2, 0.25) is 0 Å². The van der Waals surface area contributed by atoms with Gasteiger partial charge >= 0.3 is 12.1 Å². The van der Waals surface area contributed by atoms with E-state index in [0.717, 1.165) is 10.5 Å². The maximum Gasteiger partial charge on any atom is 0.471 e. The second-order valence-corrected chi connectivity index (χ2v) is 9.95. The SMILES string of the molecule is CC1(C)O[C@@H]([C@@H](Cc2ccccc2)N(Cc2ccccc2)C(=O)C(F)(F)F)[C@H](/C=[N+](\[O-])Cc2ccccc2)O1. The van der Waals surface area contributed by atoms with E-state index in [4.69, 9.17) is 9.47 Å². The molecule has 4 rings (SSSR count). The van der Waals surface area contributed by atoms with Crippen molar-refractivity contribution in [2.45, 2.75) is 63.6 Å². The quantitative estimate of drug-likeness (QED) is 0.156. The molecule has 6 nitrogen and oxygen atoms in total. The lowest BCUT2D eigenvalue weighted by Crippen LogP contribution is -2.55. The zero-order chi connectivity index (χ0) is 28.0. The van der Waals surface area contributed by atoms with Crippen molar-refractivity contribution in [3.63, 3.8) is 0 Å². The van der Waals surface area contributed by atoms with Crippen molar-refractivity contribution in [1.82, 2.24) is 4.90 Å². The number of hydrogen-bond acceptors (Lipinski definition) is 4. The number of hydrogen-bond donors (Lipinski definition) is 0. The van der Waals surface area contributed by atoms with E-state index in [1.165, 1.54) is 6.21 Å². The first-order valence-electron chi connectivity index (χ1n) is 12.7. The largest absolute Gasteiger partial charge is 0.624 e. The van der Waals surface area contributed by atoms with Gasteiger partial charge in [-0.25, -0.2) is 4.74 Å². The summed E-state index contributed by atoms with van der Waals surface area (Å²) in [5, 5.41) is 12.9. The number of carbonyl (C=O) groups is 1. The number of amides is 1. The fourth-order valence-electron chi connectivity index (χ4n) is 4.75. The van der Waals surface area contributed by atoms with Gasteiger partial charge in [0.2, 0.25) is 0 Å².